The fourth-order valence-electron chi connectivity index (χ4n) is 10.7. The highest BCUT2D eigenvalue weighted by molar-refractivity contribution is 8.77. The highest BCUT2D eigenvalue weighted by atomic mass is 33.1. The van der Waals surface area contributed by atoms with Gasteiger partial charge in [-0.25, -0.2) is 0 Å². The summed E-state index contributed by atoms with van der Waals surface area (Å²) in [5.74, 6) is -0.122. The van der Waals surface area contributed by atoms with Crippen LogP contribution in [0.2, 0.25) is 0 Å². The van der Waals surface area contributed by atoms with Gasteiger partial charge in [0.25, 0.3) is 0 Å². The summed E-state index contributed by atoms with van der Waals surface area (Å²) in [7, 11) is 4.99. The number of fused-ring (bicyclic) bond motifs is 7. The molecule has 8 atom stereocenters. The number of benzene rings is 3. The molecule has 0 amide bonds. The van der Waals surface area contributed by atoms with Crippen molar-refractivity contribution in [1.82, 2.24) is 4.98 Å². The van der Waals surface area contributed by atoms with Gasteiger partial charge in [-0.1, -0.05) is 53.6 Å². The van der Waals surface area contributed by atoms with Crippen LogP contribution < -0.4 is 23.9 Å². The Balaban J connectivity index is 1.27. The van der Waals surface area contributed by atoms with E-state index in [-0.39, 0.29) is 70.5 Å². The predicted molar refractivity (Wildman–Crippen MR) is 233 cm³/mol. The number of hydrogen-bond acceptors (Lipinski definition) is 12. The number of aliphatic hydroxyl groups excluding tert-OH is 3. The van der Waals surface area contributed by atoms with Gasteiger partial charge in [0.1, 0.15) is 30.0 Å². The number of rotatable bonds is 11. The molecule has 3 aromatic carbocycles. The zero-order valence-corrected chi connectivity index (χ0v) is 35.8. The van der Waals surface area contributed by atoms with E-state index >= 15 is 0 Å². The lowest BCUT2D eigenvalue weighted by molar-refractivity contribution is -0.112. The molecule has 1 aromatic heterocycles. The Bertz CT molecular complexity index is 2260. The van der Waals surface area contributed by atoms with E-state index in [1.165, 1.54) is 12.7 Å². The van der Waals surface area contributed by atoms with Crippen LogP contribution in [-0.4, -0.2) is 80.8 Å². The van der Waals surface area contributed by atoms with Crippen molar-refractivity contribution in [3.63, 3.8) is 0 Å². The largest absolute Gasteiger partial charge is 0.670 e. The van der Waals surface area contributed by atoms with Gasteiger partial charge in [-0.2, -0.15) is 12.4 Å². The molecule has 8 unspecified atom stereocenters. The highest BCUT2D eigenvalue weighted by Gasteiger charge is 2.60. The van der Waals surface area contributed by atoms with Gasteiger partial charge in [-0.05, 0) is 109 Å². The fraction of sp³-hybridized carbons (Fsp3) is 0.489. The highest BCUT2D eigenvalue weighted by Crippen LogP contribution is 2.66. The monoisotopic (exact) mass is 856 g/mol. The van der Waals surface area contributed by atoms with Crippen LogP contribution in [0.3, 0.4) is 0 Å². The van der Waals surface area contributed by atoms with Crippen LogP contribution in [0.4, 0.5) is 0 Å². The summed E-state index contributed by atoms with van der Waals surface area (Å²) >= 11 is 0. The number of aromatic nitrogens is 1. The van der Waals surface area contributed by atoms with E-state index in [2.05, 4.69) is 31.0 Å². The first kappa shape index (κ1) is 41.2. The van der Waals surface area contributed by atoms with Crippen molar-refractivity contribution in [2.45, 2.75) is 98.8 Å². The maximum absolute atomic E-state index is 13.2. The molecule has 3 aliphatic carbocycles. The second-order valence-corrected chi connectivity index (χ2v) is 20.1. The summed E-state index contributed by atoms with van der Waals surface area (Å²) < 4.78 is 25.3. The quantitative estimate of drug-likeness (QED) is 0.0796. The van der Waals surface area contributed by atoms with Crippen molar-refractivity contribution in [2.24, 2.45) is 11.8 Å². The van der Waals surface area contributed by atoms with Crippen LogP contribution in [0.15, 0.2) is 54.9 Å². The standard InChI is InChI=1S/C47H54NO10S2/c1-24(2)10-14-56-37-20-34(43(52)45(55-3)44(37)53)47-11-8-38-42(46(47)54)41-36(58-47)21-35(57-15-13-49)39-31-7-5-28(51)19-32(31)30(33(23-50)40(39)41)6-4-25-16-27(26-9-12-48-22-26)18-29(17-25)59-60-38/h5,7,9,12,18-22,24-25,29-30,33,38,42,46,49-54H,4,6,8,10-11,13-17,23H2,1-3H3/q-1. The minimum absolute atomic E-state index is 0.00249. The van der Waals surface area contributed by atoms with Crippen LogP contribution in [-0.2, 0) is 5.60 Å². The molecule has 3 heterocycles. The summed E-state index contributed by atoms with van der Waals surface area (Å²) in [4.78, 5) is 4.38. The first-order valence-corrected chi connectivity index (χ1v) is 23.5. The number of aliphatic hydroxyl groups is 3. The van der Waals surface area contributed by atoms with Gasteiger partial charge >= 0.3 is 0 Å². The third kappa shape index (κ3) is 6.98. The Morgan fingerprint density at radius 1 is 0.950 bits per heavy atom. The first-order valence-electron chi connectivity index (χ1n) is 21.2. The molecule has 4 aromatic rings. The van der Waals surface area contributed by atoms with Crippen LogP contribution in [0, 0.1) is 11.8 Å². The van der Waals surface area contributed by atoms with Gasteiger partial charge in [0.15, 0.2) is 17.1 Å². The van der Waals surface area contributed by atoms with Gasteiger partial charge in [0.2, 0.25) is 11.5 Å². The van der Waals surface area contributed by atoms with Gasteiger partial charge in [0, 0.05) is 45.1 Å². The lowest BCUT2D eigenvalue weighted by Gasteiger charge is -2.54. The Kier molecular flexibility index (Phi) is 11.4. The molecule has 13 heteroatoms. The van der Waals surface area contributed by atoms with Crippen molar-refractivity contribution in [1.29, 1.82) is 0 Å². The van der Waals surface area contributed by atoms with E-state index < -0.39 is 23.5 Å². The van der Waals surface area contributed by atoms with Crippen LogP contribution in [0.25, 0.3) is 16.7 Å². The van der Waals surface area contributed by atoms with E-state index in [4.69, 9.17) is 18.9 Å². The smallest absolute Gasteiger partial charge is 0.207 e. The van der Waals surface area contributed by atoms with Crippen molar-refractivity contribution in [3.05, 3.63) is 82.7 Å². The number of allylic oxidation sites excluding steroid dienone is 1. The molecule has 0 spiro atoms. The number of methoxy groups -OCH3 is 1. The summed E-state index contributed by atoms with van der Waals surface area (Å²) in [5, 5.41) is 69.1. The molecule has 0 saturated heterocycles. The van der Waals surface area contributed by atoms with E-state index in [9.17, 15) is 30.6 Å². The minimum Gasteiger partial charge on any atom is -0.670 e. The normalized spacial score (nSPS) is 27.8. The van der Waals surface area contributed by atoms with E-state index in [0.29, 0.717) is 42.8 Å². The first-order chi connectivity index (χ1) is 29.1. The number of nitrogens with zero attached hydrogens (tertiary/aromatic N) is 1. The zero-order chi connectivity index (χ0) is 41.9. The number of phenols is 3. The van der Waals surface area contributed by atoms with E-state index in [0.717, 1.165) is 65.5 Å². The number of ether oxygens (including phenoxy) is 4. The van der Waals surface area contributed by atoms with Crippen LogP contribution in [0.1, 0.15) is 104 Å². The van der Waals surface area contributed by atoms with Crippen LogP contribution >= 0.6 is 21.6 Å². The van der Waals surface area contributed by atoms with Crippen molar-refractivity contribution in [3.8, 4) is 51.4 Å². The fourth-order valence-corrected chi connectivity index (χ4v) is 14.0. The molecule has 320 valence electrons. The Morgan fingerprint density at radius 2 is 1.78 bits per heavy atom. The van der Waals surface area contributed by atoms with E-state index in [1.807, 2.05) is 41.4 Å². The molecule has 5 aliphatic rings. The summed E-state index contributed by atoms with van der Waals surface area (Å²) in [6, 6.07) is 10.9. The van der Waals surface area contributed by atoms with Crippen molar-refractivity contribution < 1.29 is 49.6 Å². The Labute approximate surface area is 358 Å². The predicted octanol–water partition coefficient (Wildman–Crippen LogP) is 8.34. The molecule has 9 rings (SSSR count). The molecule has 1 fully saturated rings. The molecule has 2 aliphatic heterocycles. The second kappa shape index (κ2) is 16.6. The molecule has 1 saturated carbocycles. The molecule has 60 heavy (non-hydrogen) atoms. The second-order valence-electron chi connectivity index (χ2n) is 17.4. The third-order valence-electron chi connectivity index (χ3n) is 13.5. The Morgan fingerprint density at radius 3 is 2.53 bits per heavy atom. The summed E-state index contributed by atoms with van der Waals surface area (Å²) in [6.45, 7) is 4.05. The molecular formula is C47H54NO10S2-. The van der Waals surface area contributed by atoms with Crippen molar-refractivity contribution in [2.75, 3.05) is 33.5 Å². The van der Waals surface area contributed by atoms with Gasteiger partial charge in [-0.3, -0.25) is 0 Å². The molecule has 0 radical (unpaired) electrons. The maximum atomic E-state index is 13.2. The van der Waals surface area contributed by atoms with Gasteiger partial charge < -0.3 is 54.6 Å². The van der Waals surface area contributed by atoms with Gasteiger partial charge in [-0.15, -0.1) is 0 Å². The van der Waals surface area contributed by atoms with Crippen molar-refractivity contribution >= 4 is 27.2 Å². The number of hydrogen-bond donors (Lipinski definition) is 6. The molecular weight excluding hydrogens is 803 g/mol. The average molecular weight is 857 g/mol. The Hall–Kier alpha value is -4.14. The SMILES string of the molecule is COc1c(O)c(OCCC(C)C)cc(C23CCC4SSC5C=C(c6cc[n-]c6)CC(CCC6c7cc(O)ccc7-c7c(OCCO)cc(c(c7C6CO)C4C2O)O3)C5)c1O. The number of aromatic hydroxyl groups is 3. The van der Waals surface area contributed by atoms with Gasteiger partial charge in [0.05, 0.1) is 26.9 Å². The van der Waals surface area contributed by atoms with E-state index in [1.54, 1.807) is 22.9 Å². The zero-order valence-electron chi connectivity index (χ0n) is 34.2. The minimum atomic E-state index is -1.50. The molecule has 11 nitrogen and oxygen atoms in total. The molecule has 6 N–H and O–H groups in total. The topological polar surface area (TPSA) is 172 Å². The molecule has 6 bridgehead atoms. The third-order valence-corrected chi connectivity index (χ3v) is 16.7. The lowest BCUT2D eigenvalue weighted by atomic mass is 9.61. The average Bonchev–Trinajstić information content (AvgIpc) is 3.78. The summed E-state index contributed by atoms with van der Waals surface area (Å²) in [5.41, 5.74) is 5.36. The summed E-state index contributed by atoms with van der Waals surface area (Å²) in [6.07, 6.45) is 10.2. The maximum Gasteiger partial charge on any atom is 0.207 e. The lowest BCUT2D eigenvalue weighted by Crippen LogP contribution is -2.57. The van der Waals surface area contributed by atoms with Crippen LogP contribution in [0.5, 0.6) is 40.2 Å². The number of phenolic OH excluding ortho intramolecular Hbond substituents is 3.